The Morgan fingerprint density at radius 3 is 1.05 bits per heavy atom. The van der Waals surface area contributed by atoms with Gasteiger partial charge in [0.15, 0.2) is 24.6 Å². The Bertz CT molecular complexity index is 1550. The molecule has 1 fully saturated rings. The minimum atomic E-state index is -1.90. The number of rotatable bonds is 59. The second-order valence-corrected chi connectivity index (χ2v) is 23.5. The van der Waals surface area contributed by atoms with Crippen molar-refractivity contribution in [1.82, 2.24) is 0 Å². The lowest BCUT2D eigenvalue weighted by Gasteiger charge is -2.40. The van der Waals surface area contributed by atoms with Crippen molar-refractivity contribution in [3.63, 3.8) is 0 Å². The summed E-state index contributed by atoms with van der Waals surface area (Å²) in [5, 5.41) is 31.6. The molecular formula is C69H124O12. The monoisotopic (exact) mass is 1140 g/mol. The highest BCUT2D eigenvalue weighted by atomic mass is 16.7. The molecule has 81 heavy (non-hydrogen) atoms. The van der Waals surface area contributed by atoms with Gasteiger partial charge in [-0.05, 0) is 96.3 Å². The maximum absolute atomic E-state index is 13.2. The van der Waals surface area contributed by atoms with Gasteiger partial charge in [-0.1, -0.05) is 250 Å². The van der Waals surface area contributed by atoms with E-state index in [2.05, 4.69) is 57.2 Å². The van der Waals surface area contributed by atoms with Crippen LogP contribution in [0, 0.1) is 0 Å². The molecule has 3 N–H and O–H groups in total. The van der Waals surface area contributed by atoms with Gasteiger partial charge in [-0.2, -0.15) is 0 Å². The molecular weight excluding hydrogens is 1020 g/mol. The summed E-state index contributed by atoms with van der Waals surface area (Å²) in [6.45, 7) is 6.02. The van der Waals surface area contributed by atoms with E-state index in [-0.39, 0.29) is 25.9 Å². The van der Waals surface area contributed by atoms with Crippen LogP contribution in [0.2, 0.25) is 0 Å². The lowest BCUT2D eigenvalue weighted by Crippen LogP contribution is -2.61. The van der Waals surface area contributed by atoms with Gasteiger partial charge in [0.05, 0.1) is 6.61 Å². The second-order valence-electron chi connectivity index (χ2n) is 23.5. The summed E-state index contributed by atoms with van der Waals surface area (Å²) in [6.07, 6.45) is 56.7. The normalized spacial score (nSPS) is 17.9. The number of aliphatic hydroxyl groups excluding tert-OH is 2. The molecule has 1 aliphatic heterocycles. The fourth-order valence-corrected chi connectivity index (χ4v) is 10.4. The maximum atomic E-state index is 13.2. The number of hydrogen-bond donors (Lipinski definition) is 3. The van der Waals surface area contributed by atoms with Gasteiger partial charge in [0.2, 0.25) is 0 Å². The molecule has 1 saturated heterocycles. The molecule has 0 radical (unpaired) electrons. The van der Waals surface area contributed by atoms with Crippen molar-refractivity contribution in [3.8, 4) is 0 Å². The maximum Gasteiger partial charge on any atom is 0.335 e. The molecule has 0 aliphatic carbocycles. The molecule has 0 aromatic rings. The molecule has 0 spiro atoms. The molecule has 12 heteroatoms. The van der Waals surface area contributed by atoms with Gasteiger partial charge in [0.1, 0.15) is 18.8 Å². The van der Waals surface area contributed by atoms with Crippen molar-refractivity contribution in [2.75, 3.05) is 13.2 Å². The first-order valence-corrected chi connectivity index (χ1v) is 34.0. The molecule has 0 bridgehead atoms. The van der Waals surface area contributed by atoms with E-state index in [1.807, 2.05) is 0 Å². The van der Waals surface area contributed by atoms with E-state index in [1.54, 1.807) is 0 Å². The third-order valence-electron chi connectivity index (χ3n) is 15.7. The van der Waals surface area contributed by atoms with Crippen molar-refractivity contribution in [2.24, 2.45) is 0 Å². The predicted molar refractivity (Wildman–Crippen MR) is 331 cm³/mol. The Hall–Kier alpha value is -3.06. The van der Waals surface area contributed by atoms with Gasteiger partial charge in [-0.25, -0.2) is 4.79 Å². The second kappa shape index (κ2) is 57.4. The van der Waals surface area contributed by atoms with Gasteiger partial charge in [-0.15, -0.1) is 0 Å². The number of aliphatic hydroxyl groups is 2. The Balaban J connectivity index is 2.63. The lowest BCUT2D eigenvalue weighted by atomic mass is 9.98. The van der Waals surface area contributed by atoms with Crippen molar-refractivity contribution >= 4 is 23.9 Å². The number of aliphatic carboxylic acids is 1. The molecule has 0 aromatic carbocycles. The van der Waals surface area contributed by atoms with Crippen LogP contribution in [0.4, 0.5) is 0 Å². The van der Waals surface area contributed by atoms with Gasteiger partial charge in [0, 0.05) is 19.3 Å². The Morgan fingerprint density at radius 1 is 0.395 bits per heavy atom. The van der Waals surface area contributed by atoms with E-state index in [9.17, 15) is 34.5 Å². The predicted octanol–water partition coefficient (Wildman–Crippen LogP) is 18.4. The van der Waals surface area contributed by atoms with Crippen LogP contribution in [-0.2, 0) is 42.9 Å². The van der Waals surface area contributed by atoms with Crippen LogP contribution in [0.25, 0.3) is 0 Å². The van der Waals surface area contributed by atoms with Gasteiger partial charge >= 0.3 is 23.9 Å². The molecule has 0 amide bonds. The van der Waals surface area contributed by atoms with Crippen LogP contribution in [0.3, 0.4) is 0 Å². The lowest BCUT2D eigenvalue weighted by molar-refractivity contribution is -0.301. The summed E-state index contributed by atoms with van der Waals surface area (Å²) < 4.78 is 28.6. The Kier molecular flexibility index (Phi) is 53.8. The van der Waals surface area contributed by atoms with E-state index >= 15 is 0 Å². The number of esters is 3. The fourth-order valence-electron chi connectivity index (χ4n) is 10.4. The van der Waals surface area contributed by atoms with E-state index in [0.717, 1.165) is 89.9 Å². The summed E-state index contributed by atoms with van der Waals surface area (Å²) in [4.78, 5) is 51.4. The van der Waals surface area contributed by atoms with Crippen molar-refractivity contribution < 1.29 is 58.2 Å². The number of allylic oxidation sites excluding steroid dienone is 6. The van der Waals surface area contributed by atoms with Gasteiger partial charge in [-0.3, -0.25) is 14.4 Å². The highest BCUT2D eigenvalue weighted by molar-refractivity contribution is 5.74. The average molecular weight is 1150 g/mol. The largest absolute Gasteiger partial charge is 0.479 e. The molecule has 6 atom stereocenters. The average Bonchev–Trinajstić information content (AvgIpc) is 3.53. The molecule has 1 heterocycles. The number of carbonyl (C=O) groups is 4. The van der Waals surface area contributed by atoms with Crippen molar-refractivity contribution in [3.05, 3.63) is 36.5 Å². The number of carboxylic acids is 1. The standard InChI is InChI=1S/C69H124O12/c1-4-7-10-13-16-19-22-25-28-30-31-33-35-37-40-43-46-49-52-55-61(70)77-58-60(79-62(71)56-53-50-47-44-41-38-34-27-24-21-18-15-12-9-6-3)59-78-69-67(65(74)64(73)66(81-69)68(75)76)80-63(72)57-54-51-48-45-42-39-36-32-29-26-23-20-17-14-11-8-5-2/h25-29,34,60,64-67,69,73-74H,4-24,30-33,35-59H2,1-3H3,(H,75,76)/b28-25-,29-26-,34-27-. The zero-order chi connectivity index (χ0) is 58.9. The van der Waals surface area contributed by atoms with Gasteiger partial charge < -0.3 is 39.0 Å². The fraction of sp³-hybridized carbons (Fsp3) is 0.855. The van der Waals surface area contributed by atoms with Crippen LogP contribution < -0.4 is 0 Å². The molecule has 12 nitrogen and oxygen atoms in total. The smallest absolute Gasteiger partial charge is 0.335 e. The first-order valence-electron chi connectivity index (χ1n) is 34.0. The Morgan fingerprint density at radius 2 is 0.704 bits per heavy atom. The SMILES string of the molecule is CCCCCCCC/C=C\CCCCCCCCCCCC(=O)OCC(COC1OC(C(=O)O)C(O)C(O)C1OC(=O)CCCCCCCCC/C=C\CCCCCCCC)OC(=O)CCCCCCC/C=C\CCCCCCCC. The number of ether oxygens (including phenoxy) is 5. The van der Waals surface area contributed by atoms with Crippen molar-refractivity contribution in [2.45, 2.75) is 366 Å². The zero-order valence-electron chi connectivity index (χ0n) is 52.3. The van der Waals surface area contributed by atoms with E-state index in [4.69, 9.17) is 23.7 Å². The van der Waals surface area contributed by atoms with Crippen LogP contribution in [0.5, 0.6) is 0 Å². The molecule has 0 saturated carbocycles. The first-order chi connectivity index (χ1) is 39.6. The highest BCUT2D eigenvalue weighted by Crippen LogP contribution is 2.27. The minimum Gasteiger partial charge on any atom is -0.479 e. The van der Waals surface area contributed by atoms with Crippen LogP contribution in [0.15, 0.2) is 36.5 Å². The first kappa shape index (κ1) is 76.0. The minimum absolute atomic E-state index is 0.0576. The quantitative estimate of drug-likeness (QED) is 0.0228. The summed E-state index contributed by atoms with van der Waals surface area (Å²) >= 11 is 0. The number of carboxylic acid groups (broad SMARTS) is 1. The zero-order valence-corrected chi connectivity index (χ0v) is 52.3. The van der Waals surface area contributed by atoms with Crippen LogP contribution >= 0.6 is 0 Å². The van der Waals surface area contributed by atoms with E-state index < -0.39 is 67.3 Å². The third-order valence-corrected chi connectivity index (χ3v) is 15.7. The third kappa shape index (κ3) is 46.9. The van der Waals surface area contributed by atoms with Gasteiger partial charge in [0.25, 0.3) is 0 Å². The molecule has 1 aliphatic rings. The Labute approximate surface area is 495 Å². The molecule has 0 aromatic heterocycles. The van der Waals surface area contributed by atoms with Crippen LogP contribution in [-0.4, -0.2) is 89.2 Å². The summed E-state index contributed by atoms with van der Waals surface area (Å²) in [5.41, 5.74) is 0. The topological polar surface area (TPSA) is 175 Å². The summed E-state index contributed by atoms with van der Waals surface area (Å²) in [6, 6.07) is 0. The number of unbranched alkanes of at least 4 members (excludes halogenated alkanes) is 39. The van der Waals surface area contributed by atoms with Crippen molar-refractivity contribution in [1.29, 1.82) is 0 Å². The molecule has 1 rings (SSSR count). The van der Waals surface area contributed by atoms with E-state index in [1.165, 1.54) is 180 Å². The molecule has 6 unspecified atom stereocenters. The number of carbonyl (C=O) groups excluding carboxylic acids is 3. The highest BCUT2D eigenvalue weighted by Gasteiger charge is 2.50. The summed E-state index contributed by atoms with van der Waals surface area (Å²) in [7, 11) is 0. The number of hydrogen-bond acceptors (Lipinski definition) is 11. The molecule has 472 valence electrons. The summed E-state index contributed by atoms with van der Waals surface area (Å²) in [5.74, 6) is -3.11. The van der Waals surface area contributed by atoms with E-state index in [0.29, 0.717) is 19.3 Å². The van der Waals surface area contributed by atoms with Crippen LogP contribution in [0.1, 0.15) is 329 Å².